The fraction of sp³-hybridized carbons (Fsp3) is 0.625. The van der Waals surface area contributed by atoms with E-state index in [1.54, 1.807) is 17.3 Å². The molecular formula is C16H24N2O3S. The highest BCUT2D eigenvalue weighted by atomic mass is 32.2. The van der Waals surface area contributed by atoms with Crippen molar-refractivity contribution in [3.05, 3.63) is 30.1 Å². The molecule has 6 heteroatoms. The van der Waals surface area contributed by atoms with Gasteiger partial charge >= 0.3 is 6.09 Å². The summed E-state index contributed by atoms with van der Waals surface area (Å²) in [5, 5.41) is 0.00137. The summed E-state index contributed by atoms with van der Waals surface area (Å²) in [6.45, 7) is 6.74. The van der Waals surface area contributed by atoms with Crippen LogP contribution in [0.3, 0.4) is 0 Å². The summed E-state index contributed by atoms with van der Waals surface area (Å²) < 4.78 is 17.9. The Balaban J connectivity index is 1.92. The predicted octanol–water partition coefficient (Wildman–Crippen LogP) is 2.73. The molecule has 0 bridgehead atoms. The summed E-state index contributed by atoms with van der Waals surface area (Å²) in [6, 6.07) is 3.78. The SMILES string of the molecule is CC(C)(C)OC(=O)N1CCCC(S(=O)Cc2cccnc2)C1. The standard InChI is InChI=1S/C16H24N2O3S/c1-16(2,3)21-15(19)18-9-5-7-14(11-18)22(20)12-13-6-4-8-17-10-13/h4,6,8,10,14H,5,7,9,11-12H2,1-3H3. The Morgan fingerprint density at radius 1 is 1.50 bits per heavy atom. The average Bonchev–Trinajstić information content (AvgIpc) is 2.46. The van der Waals surface area contributed by atoms with Gasteiger partial charge in [-0.1, -0.05) is 6.07 Å². The Morgan fingerprint density at radius 3 is 2.91 bits per heavy atom. The van der Waals surface area contributed by atoms with E-state index in [1.165, 1.54) is 0 Å². The summed E-state index contributed by atoms with van der Waals surface area (Å²) >= 11 is 0. The molecule has 1 aliphatic heterocycles. The quantitative estimate of drug-likeness (QED) is 0.858. The number of piperidine rings is 1. The van der Waals surface area contributed by atoms with Crippen LogP contribution in [0.15, 0.2) is 24.5 Å². The second kappa shape index (κ2) is 7.22. The maximum atomic E-state index is 12.5. The molecule has 1 amide bonds. The van der Waals surface area contributed by atoms with Crippen LogP contribution in [0.4, 0.5) is 4.79 Å². The van der Waals surface area contributed by atoms with Gasteiger partial charge in [0.05, 0.1) is 11.0 Å². The molecule has 5 nitrogen and oxygen atoms in total. The normalized spacial score (nSPS) is 20.5. The third-order valence-corrected chi connectivity index (χ3v) is 5.18. The molecule has 0 N–H and O–H groups in total. The first-order chi connectivity index (χ1) is 10.3. The number of hydrogen-bond acceptors (Lipinski definition) is 4. The molecule has 1 aliphatic rings. The first-order valence-electron chi connectivity index (χ1n) is 7.59. The van der Waals surface area contributed by atoms with Gasteiger partial charge in [0.2, 0.25) is 0 Å². The number of ether oxygens (including phenoxy) is 1. The van der Waals surface area contributed by atoms with Gasteiger partial charge in [-0.2, -0.15) is 0 Å². The number of carbonyl (C=O) groups excluding carboxylic acids is 1. The number of pyridine rings is 1. The van der Waals surface area contributed by atoms with Crippen molar-refractivity contribution in [3.63, 3.8) is 0 Å². The highest BCUT2D eigenvalue weighted by Gasteiger charge is 2.30. The molecule has 22 heavy (non-hydrogen) atoms. The van der Waals surface area contributed by atoms with Gasteiger partial charge in [0.1, 0.15) is 5.60 Å². The van der Waals surface area contributed by atoms with E-state index in [0.717, 1.165) is 18.4 Å². The number of hydrogen-bond donors (Lipinski definition) is 0. The lowest BCUT2D eigenvalue weighted by Gasteiger charge is -2.33. The lowest BCUT2D eigenvalue weighted by Crippen LogP contribution is -2.46. The molecule has 2 rings (SSSR count). The topological polar surface area (TPSA) is 59.5 Å². The van der Waals surface area contributed by atoms with Gasteiger partial charge in [-0.15, -0.1) is 0 Å². The number of carbonyl (C=O) groups is 1. The predicted molar refractivity (Wildman–Crippen MR) is 86.9 cm³/mol. The van der Waals surface area contributed by atoms with E-state index in [4.69, 9.17) is 4.74 Å². The third kappa shape index (κ3) is 5.09. The highest BCUT2D eigenvalue weighted by Crippen LogP contribution is 2.20. The molecule has 1 fully saturated rings. The minimum absolute atomic E-state index is 0.00137. The second-order valence-corrected chi connectivity index (χ2v) is 8.29. The fourth-order valence-corrected chi connectivity index (χ4v) is 3.92. The molecule has 2 atom stereocenters. The van der Waals surface area contributed by atoms with E-state index in [0.29, 0.717) is 18.8 Å². The minimum atomic E-state index is -1.01. The molecule has 1 aromatic heterocycles. The van der Waals surface area contributed by atoms with Gasteiger partial charge in [-0.25, -0.2) is 4.79 Å². The molecule has 0 spiro atoms. The summed E-state index contributed by atoms with van der Waals surface area (Å²) in [4.78, 5) is 17.9. The van der Waals surface area contributed by atoms with Crippen LogP contribution in [0.1, 0.15) is 39.2 Å². The summed E-state index contributed by atoms with van der Waals surface area (Å²) in [6.07, 6.45) is 4.88. The van der Waals surface area contributed by atoms with Gasteiger partial charge in [0, 0.05) is 36.3 Å². The van der Waals surface area contributed by atoms with Crippen molar-refractivity contribution in [2.24, 2.45) is 0 Å². The number of nitrogens with zero attached hydrogens (tertiary/aromatic N) is 2. The van der Waals surface area contributed by atoms with Crippen molar-refractivity contribution in [2.45, 2.75) is 50.2 Å². The van der Waals surface area contributed by atoms with Crippen LogP contribution in [-0.2, 0) is 21.3 Å². The van der Waals surface area contributed by atoms with Crippen LogP contribution >= 0.6 is 0 Å². The molecule has 0 radical (unpaired) electrons. The van der Waals surface area contributed by atoms with E-state index in [2.05, 4.69) is 4.98 Å². The van der Waals surface area contributed by atoms with Crippen LogP contribution in [0, 0.1) is 0 Å². The molecule has 2 heterocycles. The van der Waals surface area contributed by atoms with Crippen molar-refractivity contribution < 1.29 is 13.7 Å². The first kappa shape index (κ1) is 16.9. The number of amides is 1. The molecular weight excluding hydrogens is 300 g/mol. The Hall–Kier alpha value is -1.43. The molecule has 0 saturated carbocycles. The maximum absolute atomic E-state index is 12.5. The van der Waals surface area contributed by atoms with Crippen LogP contribution in [0.2, 0.25) is 0 Å². The lowest BCUT2D eigenvalue weighted by molar-refractivity contribution is 0.0219. The van der Waals surface area contributed by atoms with Gasteiger partial charge in [0.15, 0.2) is 0 Å². The van der Waals surface area contributed by atoms with Gasteiger partial charge in [-0.3, -0.25) is 9.19 Å². The molecule has 122 valence electrons. The molecule has 1 aromatic rings. The van der Waals surface area contributed by atoms with Gasteiger partial charge in [-0.05, 0) is 45.2 Å². The molecule has 2 unspecified atom stereocenters. The molecule has 1 saturated heterocycles. The Morgan fingerprint density at radius 2 is 2.27 bits per heavy atom. The lowest BCUT2D eigenvalue weighted by atomic mass is 10.1. The number of aromatic nitrogens is 1. The Kier molecular flexibility index (Phi) is 5.56. The van der Waals surface area contributed by atoms with Crippen molar-refractivity contribution in [1.29, 1.82) is 0 Å². The molecule has 0 aliphatic carbocycles. The third-order valence-electron chi connectivity index (χ3n) is 3.43. The number of rotatable bonds is 3. The molecule has 0 aromatic carbocycles. The highest BCUT2D eigenvalue weighted by molar-refractivity contribution is 7.84. The van der Waals surface area contributed by atoms with Crippen molar-refractivity contribution in [3.8, 4) is 0 Å². The second-order valence-electron chi connectivity index (χ2n) is 6.58. The van der Waals surface area contributed by atoms with E-state index in [1.807, 2.05) is 32.9 Å². The van der Waals surface area contributed by atoms with Gasteiger partial charge < -0.3 is 9.64 Å². The van der Waals surface area contributed by atoms with Crippen molar-refractivity contribution in [1.82, 2.24) is 9.88 Å². The summed E-state index contributed by atoms with van der Waals surface area (Å²) in [7, 11) is -1.01. The van der Waals surface area contributed by atoms with E-state index in [9.17, 15) is 9.00 Å². The zero-order chi connectivity index (χ0) is 16.2. The smallest absolute Gasteiger partial charge is 0.410 e. The fourth-order valence-electron chi connectivity index (χ4n) is 2.41. The van der Waals surface area contributed by atoms with Crippen LogP contribution in [0.5, 0.6) is 0 Å². The monoisotopic (exact) mass is 324 g/mol. The minimum Gasteiger partial charge on any atom is -0.444 e. The first-order valence-corrected chi connectivity index (χ1v) is 8.97. The number of likely N-dealkylation sites (tertiary alicyclic amines) is 1. The van der Waals surface area contributed by atoms with E-state index < -0.39 is 16.4 Å². The zero-order valence-corrected chi connectivity index (χ0v) is 14.3. The van der Waals surface area contributed by atoms with E-state index >= 15 is 0 Å². The van der Waals surface area contributed by atoms with Gasteiger partial charge in [0.25, 0.3) is 0 Å². The van der Waals surface area contributed by atoms with Crippen molar-refractivity contribution >= 4 is 16.9 Å². The largest absolute Gasteiger partial charge is 0.444 e. The average molecular weight is 324 g/mol. The van der Waals surface area contributed by atoms with E-state index in [-0.39, 0.29) is 11.3 Å². The van der Waals surface area contributed by atoms with Crippen LogP contribution in [-0.4, -0.2) is 44.1 Å². The summed E-state index contributed by atoms with van der Waals surface area (Å²) in [5.41, 5.74) is 0.467. The van der Waals surface area contributed by atoms with Crippen LogP contribution in [0.25, 0.3) is 0 Å². The Labute approximate surface area is 134 Å². The van der Waals surface area contributed by atoms with Crippen LogP contribution < -0.4 is 0 Å². The van der Waals surface area contributed by atoms with Crippen molar-refractivity contribution in [2.75, 3.05) is 13.1 Å². The summed E-state index contributed by atoms with van der Waals surface area (Å²) in [5.74, 6) is 0.487. The Bertz CT molecular complexity index is 528. The maximum Gasteiger partial charge on any atom is 0.410 e. The zero-order valence-electron chi connectivity index (χ0n) is 13.4.